The van der Waals surface area contributed by atoms with Crippen molar-refractivity contribution >= 4 is 11.7 Å². The van der Waals surface area contributed by atoms with Gasteiger partial charge in [0, 0.05) is 18.7 Å². The quantitative estimate of drug-likeness (QED) is 0.161. The minimum absolute atomic E-state index is 0.124. The fourth-order valence-electron chi connectivity index (χ4n) is 3.26. The smallest absolute Gasteiger partial charge is 0.306 e. The Balaban J connectivity index is 2.03. The molecule has 1 rings (SSSR count). The van der Waals surface area contributed by atoms with Crippen LogP contribution < -0.4 is 5.32 Å². The molecule has 1 aromatic carbocycles. The first-order valence-corrected chi connectivity index (χ1v) is 11.5. The largest absolute Gasteiger partial charge is 0.466 e. The molecule has 0 radical (unpaired) electrons. The van der Waals surface area contributed by atoms with E-state index in [0.29, 0.717) is 13.0 Å². The van der Waals surface area contributed by atoms with Crippen LogP contribution in [-0.2, 0) is 16.0 Å². The molecule has 0 heterocycles. The van der Waals surface area contributed by atoms with Crippen LogP contribution in [0.25, 0.3) is 0 Å². The van der Waals surface area contributed by atoms with Gasteiger partial charge in [-0.1, -0.05) is 56.0 Å². The van der Waals surface area contributed by atoms with Gasteiger partial charge in [-0.05, 0) is 69.6 Å². The topological polar surface area (TPSA) is 38.3 Å². The molecule has 0 aliphatic carbocycles. The second kappa shape index (κ2) is 18.0. The van der Waals surface area contributed by atoms with Gasteiger partial charge < -0.3 is 10.1 Å². The number of allylic oxidation sites excluding steroid dienone is 3. The molecule has 0 aliphatic heterocycles. The summed E-state index contributed by atoms with van der Waals surface area (Å²) in [6.07, 6.45) is 20.5. The van der Waals surface area contributed by atoms with Crippen LogP contribution in [-0.4, -0.2) is 19.1 Å². The van der Waals surface area contributed by atoms with Crippen LogP contribution in [0.5, 0.6) is 0 Å². The number of ether oxygens (including phenoxy) is 1. The molecule has 29 heavy (non-hydrogen) atoms. The summed E-state index contributed by atoms with van der Waals surface area (Å²) in [6, 6.07) is 8.32. The first-order valence-electron chi connectivity index (χ1n) is 11.5. The van der Waals surface area contributed by atoms with E-state index in [4.69, 9.17) is 4.74 Å². The Bertz CT molecular complexity index is 580. The number of carbonyl (C=O) groups is 1. The Hall–Kier alpha value is -2.03. The molecule has 0 atom stereocenters. The number of nitrogens with one attached hydrogen (secondary N) is 1. The molecule has 3 nitrogen and oxygen atoms in total. The van der Waals surface area contributed by atoms with Crippen molar-refractivity contribution in [2.45, 2.75) is 84.0 Å². The van der Waals surface area contributed by atoms with Crippen LogP contribution in [0.1, 0.15) is 83.1 Å². The SMILES string of the molecule is C=CCCCCCCCCC=CCCCNc1cccc(CCC(=O)OCC)c1. The van der Waals surface area contributed by atoms with Crippen LogP contribution in [0, 0.1) is 0 Å². The van der Waals surface area contributed by atoms with Crippen molar-refractivity contribution in [2.75, 3.05) is 18.5 Å². The van der Waals surface area contributed by atoms with Gasteiger partial charge >= 0.3 is 5.97 Å². The highest BCUT2D eigenvalue weighted by molar-refractivity contribution is 5.69. The van der Waals surface area contributed by atoms with E-state index >= 15 is 0 Å². The normalized spacial score (nSPS) is 10.9. The van der Waals surface area contributed by atoms with E-state index < -0.39 is 0 Å². The number of rotatable bonds is 18. The fraction of sp³-hybridized carbons (Fsp3) is 0.577. The fourth-order valence-corrected chi connectivity index (χ4v) is 3.26. The average Bonchev–Trinajstić information content (AvgIpc) is 2.73. The maximum Gasteiger partial charge on any atom is 0.306 e. The molecule has 0 aliphatic rings. The summed E-state index contributed by atoms with van der Waals surface area (Å²) in [5.41, 5.74) is 2.30. The summed E-state index contributed by atoms with van der Waals surface area (Å²) < 4.78 is 4.99. The van der Waals surface area contributed by atoms with Gasteiger partial charge in [0.1, 0.15) is 0 Å². The predicted molar refractivity (Wildman–Crippen MR) is 125 cm³/mol. The molecule has 1 N–H and O–H groups in total. The molecule has 0 saturated carbocycles. The summed E-state index contributed by atoms with van der Waals surface area (Å²) in [6.45, 7) is 7.02. The van der Waals surface area contributed by atoms with Gasteiger partial charge in [-0.25, -0.2) is 0 Å². The van der Waals surface area contributed by atoms with Crippen molar-refractivity contribution in [1.82, 2.24) is 0 Å². The third-order valence-corrected chi connectivity index (χ3v) is 4.92. The molecule has 0 spiro atoms. The van der Waals surface area contributed by atoms with Crippen molar-refractivity contribution in [3.63, 3.8) is 0 Å². The van der Waals surface area contributed by atoms with Gasteiger partial charge in [-0.2, -0.15) is 0 Å². The average molecular weight is 400 g/mol. The standard InChI is InChI=1S/C26H41NO2/c1-3-5-6-7-8-9-10-11-12-13-14-15-16-22-27-25-19-17-18-24(23-25)20-21-26(28)29-4-2/h3,13-14,17-19,23,27H,1,4-12,15-16,20-22H2,2H3. The molecule has 0 unspecified atom stereocenters. The highest BCUT2D eigenvalue weighted by Gasteiger charge is 2.03. The number of aryl methyl sites for hydroxylation is 1. The minimum atomic E-state index is -0.124. The Kier molecular flexibility index (Phi) is 15.5. The van der Waals surface area contributed by atoms with Crippen molar-refractivity contribution in [3.05, 3.63) is 54.6 Å². The lowest BCUT2D eigenvalue weighted by Gasteiger charge is -2.08. The van der Waals surface area contributed by atoms with Crippen LogP contribution in [0.15, 0.2) is 49.1 Å². The van der Waals surface area contributed by atoms with Gasteiger partial charge in [-0.3, -0.25) is 4.79 Å². The number of hydrogen-bond acceptors (Lipinski definition) is 3. The number of carbonyl (C=O) groups excluding carboxylic acids is 1. The van der Waals surface area contributed by atoms with E-state index in [1.165, 1.54) is 56.9 Å². The van der Waals surface area contributed by atoms with E-state index in [0.717, 1.165) is 31.5 Å². The minimum Gasteiger partial charge on any atom is -0.466 e. The number of benzene rings is 1. The second-order valence-corrected chi connectivity index (χ2v) is 7.53. The third-order valence-electron chi connectivity index (χ3n) is 4.92. The molecule has 1 aromatic rings. The molecule has 0 fully saturated rings. The van der Waals surface area contributed by atoms with Gasteiger partial charge in [0.2, 0.25) is 0 Å². The Morgan fingerprint density at radius 3 is 2.41 bits per heavy atom. The lowest BCUT2D eigenvalue weighted by Crippen LogP contribution is -2.05. The van der Waals surface area contributed by atoms with Gasteiger partial charge in [0.25, 0.3) is 0 Å². The molecule has 0 amide bonds. The number of unbranched alkanes of at least 4 members (excludes halogenated alkanes) is 8. The summed E-state index contributed by atoms with van der Waals surface area (Å²) >= 11 is 0. The zero-order chi connectivity index (χ0) is 21.0. The first-order chi connectivity index (χ1) is 14.3. The summed E-state index contributed by atoms with van der Waals surface area (Å²) in [5, 5.41) is 3.48. The lowest BCUT2D eigenvalue weighted by molar-refractivity contribution is -0.143. The van der Waals surface area contributed by atoms with Gasteiger partial charge in [-0.15, -0.1) is 6.58 Å². The van der Waals surface area contributed by atoms with Crippen molar-refractivity contribution in [2.24, 2.45) is 0 Å². The van der Waals surface area contributed by atoms with Gasteiger partial charge in [0.05, 0.1) is 6.61 Å². The van der Waals surface area contributed by atoms with Crippen LogP contribution >= 0.6 is 0 Å². The van der Waals surface area contributed by atoms with E-state index in [2.05, 4.69) is 42.2 Å². The number of esters is 1. The molecule has 0 aromatic heterocycles. The Morgan fingerprint density at radius 2 is 1.69 bits per heavy atom. The highest BCUT2D eigenvalue weighted by Crippen LogP contribution is 2.13. The Morgan fingerprint density at radius 1 is 1.00 bits per heavy atom. The Labute approximate surface area is 178 Å². The predicted octanol–water partition coefficient (Wildman–Crippen LogP) is 7.24. The molecule has 162 valence electrons. The first kappa shape index (κ1) is 25.0. The summed E-state index contributed by atoms with van der Waals surface area (Å²) in [5.74, 6) is -0.124. The van der Waals surface area contributed by atoms with Crippen LogP contribution in [0.4, 0.5) is 5.69 Å². The van der Waals surface area contributed by atoms with E-state index in [1.807, 2.05) is 19.1 Å². The number of anilines is 1. The molecule has 0 bridgehead atoms. The lowest BCUT2D eigenvalue weighted by atomic mass is 10.1. The van der Waals surface area contributed by atoms with E-state index in [-0.39, 0.29) is 5.97 Å². The zero-order valence-electron chi connectivity index (χ0n) is 18.5. The molecule has 3 heteroatoms. The molecule has 0 saturated heterocycles. The maximum absolute atomic E-state index is 11.5. The highest BCUT2D eigenvalue weighted by atomic mass is 16.5. The van der Waals surface area contributed by atoms with Crippen LogP contribution in [0.3, 0.4) is 0 Å². The van der Waals surface area contributed by atoms with Gasteiger partial charge in [0.15, 0.2) is 0 Å². The maximum atomic E-state index is 11.5. The summed E-state index contributed by atoms with van der Waals surface area (Å²) in [7, 11) is 0. The molecular weight excluding hydrogens is 358 g/mol. The zero-order valence-corrected chi connectivity index (χ0v) is 18.5. The third kappa shape index (κ3) is 14.6. The van der Waals surface area contributed by atoms with Crippen LogP contribution in [0.2, 0.25) is 0 Å². The molecular formula is C26H41NO2. The van der Waals surface area contributed by atoms with E-state index in [1.54, 1.807) is 0 Å². The monoisotopic (exact) mass is 399 g/mol. The van der Waals surface area contributed by atoms with Crippen molar-refractivity contribution in [1.29, 1.82) is 0 Å². The van der Waals surface area contributed by atoms with E-state index in [9.17, 15) is 4.79 Å². The number of hydrogen-bond donors (Lipinski definition) is 1. The summed E-state index contributed by atoms with van der Waals surface area (Å²) in [4.78, 5) is 11.5. The van der Waals surface area contributed by atoms with Crippen molar-refractivity contribution < 1.29 is 9.53 Å². The van der Waals surface area contributed by atoms with Crippen molar-refractivity contribution in [3.8, 4) is 0 Å². The second-order valence-electron chi connectivity index (χ2n) is 7.53.